The van der Waals surface area contributed by atoms with Gasteiger partial charge in [0.1, 0.15) is 47.6 Å². The van der Waals surface area contributed by atoms with Gasteiger partial charge in [-0.15, -0.1) is 17.8 Å². The summed E-state index contributed by atoms with van der Waals surface area (Å²) in [6, 6.07) is 7.04. The van der Waals surface area contributed by atoms with Crippen LogP contribution in [0.1, 0.15) is 86.3 Å². The minimum absolute atomic E-state index is 0.0275. The number of carboxylic acid groups (broad SMARTS) is 1. The summed E-state index contributed by atoms with van der Waals surface area (Å²) in [7, 11) is 3.72. The SMILES string of the molecule is C#C/C1=C(Cl)\C(C)=C(/CC)c2c(C3=CCCC3)sc3ncnc(c23)O[C@@H](C(=O)O)Cc2cc(ccc2OCc2ccnc(C3=CC[C@](F)(COCCOCCOC)CC3)n2)OC[C@@H](CN2CCN(C)CC2)O1. The number of thiophene rings is 1. The zero-order chi connectivity index (χ0) is 50.6. The third-order valence-corrected chi connectivity index (χ3v) is 15.0. The van der Waals surface area contributed by atoms with E-state index in [4.69, 9.17) is 61.2 Å². The van der Waals surface area contributed by atoms with Gasteiger partial charge in [0.25, 0.3) is 0 Å². The van der Waals surface area contributed by atoms with Gasteiger partial charge >= 0.3 is 5.97 Å². The van der Waals surface area contributed by atoms with Gasteiger partial charge in [-0.25, -0.2) is 29.1 Å². The van der Waals surface area contributed by atoms with Crippen molar-refractivity contribution in [1.29, 1.82) is 0 Å². The Kier molecular flexibility index (Phi) is 18.3. The van der Waals surface area contributed by atoms with E-state index < -0.39 is 23.8 Å². The molecule has 2 aliphatic heterocycles. The molecule has 8 rings (SSSR count). The zero-order valence-electron chi connectivity index (χ0n) is 41.6. The summed E-state index contributed by atoms with van der Waals surface area (Å²) in [4.78, 5) is 38.3. The van der Waals surface area contributed by atoms with Crippen LogP contribution >= 0.6 is 22.9 Å². The summed E-state index contributed by atoms with van der Waals surface area (Å²) >= 11 is 8.85. The van der Waals surface area contributed by atoms with E-state index in [0.717, 1.165) is 72.6 Å². The van der Waals surface area contributed by atoms with Gasteiger partial charge in [0.2, 0.25) is 12.0 Å². The number of methoxy groups -OCH3 is 1. The van der Waals surface area contributed by atoms with Gasteiger partial charge < -0.3 is 43.2 Å². The van der Waals surface area contributed by atoms with E-state index in [0.29, 0.717) is 89.6 Å². The first-order valence-electron chi connectivity index (χ1n) is 24.7. The highest BCUT2D eigenvalue weighted by atomic mass is 35.5. The number of hydrogen-bond acceptors (Lipinski definition) is 15. The monoisotopic (exact) mass is 1030 g/mol. The van der Waals surface area contributed by atoms with Gasteiger partial charge in [-0.1, -0.05) is 30.7 Å². The second kappa shape index (κ2) is 25.0. The standard InChI is InChI=1S/C54H64ClFN6O9S/c1-6-42-35(3)48(55)43(7-2)70-41(30-62-22-20-61(4)21-23-62)32-68-40-12-13-44(69-31-39-16-19-57-50(60-39)37-14-17-54(56,18-15-37)33-67-27-26-66-25-24-65-5)38(28-40)29-45(53(63)64)71-51-47-46(42)49(36-10-8-9-11-36)72-52(47)59-34-58-51/h2,10,12-14,16,19,28,34,41,45H,6,8-9,11,15,17-18,20-27,29-33H2,1,3-5H3,(H,63,64)/b42-35+,48-43-/t41-,45-,54-/m1/s1. The molecule has 0 spiro atoms. The largest absolute Gasteiger partial charge is 0.490 e. The maximum atomic E-state index is 15.7. The molecular formula is C54H64ClFN6O9S. The van der Waals surface area contributed by atoms with Gasteiger partial charge in [-0.2, -0.15) is 0 Å². The smallest absolute Gasteiger partial charge is 0.345 e. The van der Waals surface area contributed by atoms with Crippen molar-refractivity contribution in [1.82, 2.24) is 29.7 Å². The molecule has 5 heterocycles. The van der Waals surface area contributed by atoms with Crippen molar-refractivity contribution in [2.24, 2.45) is 0 Å². The summed E-state index contributed by atoms with van der Waals surface area (Å²) < 4.78 is 57.9. The second-order valence-corrected chi connectivity index (χ2v) is 19.9. The molecule has 1 fully saturated rings. The number of aliphatic carboxylic acids is 1. The number of likely N-dealkylation sites (N-methyl/N-ethyl adjacent to an activating group) is 1. The molecule has 1 saturated heterocycles. The number of carboxylic acids is 1. The molecule has 18 heteroatoms. The van der Waals surface area contributed by atoms with Crippen LogP contribution in [0.15, 0.2) is 65.3 Å². The Balaban J connectivity index is 1.11. The molecule has 2 bridgehead atoms. The Morgan fingerprint density at radius 2 is 1.88 bits per heavy atom. The predicted octanol–water partition coefficient (Wildman–Crippen LogP) is 8.95. The minimum atomic E-state index is -1.50. The highest BCUT2D eigenvalue weighted by Crippen LogP contribution is 2.48. The maximum absolute atomic E-state index is 15.7. The van der Waals surface area contributed by atoms with Crippen LogP contribution in [0.4, 0.5) is 4.39 Å². The molecule has 0 unspecified atom stereocenters. The third-order valence-electron chi connectivity index (χ3n) is 13.4. The molecule has 15 nitrogen and oxygen atoms in total. The number of alkyl halides is 1. The number of aromatic nitrogens is 4. The number of rotatable bonds is 17. The van der Waals surface area contributed by atoms with Gasteiger partial charge in [0.05, 0.1) is 49.1 Å². The lowest BCUT2D eigenvalue weighted by molar-refractivity contribution is -0.145. The third kappa shape index (κ3) is 13.2. The van der Waals surface area contributed by atoms with Crippen LogP contribution in [0.5, 0.6) is 17.4 Å². The van der Waals surface area contributed by atoms with Crippen molar-refractivity contribution in [3.63, 3.8) is 0 Å². The number of benzene rings is 1. The Hall–Kier alpha value is -5.45. The normalized spacial score (nSPS) is 23.6. The summed E-state index contributed by atoms with van der Waals surface area (Å²) in [5.74, 6) is 3.23. The summed E-state index contributed by atoms with van der Waals surface area (Å²) in [5, 5.41) is 11.8. The lowest BCUT2D eigenvalue weighted by atomic mass is 9.87. The molecule has 384 valence electrons. The molecule has 1 aromatic carbocycles. The molecule has 4 aliphatic rings. The summed E-state index contributed by atoms with van der Waals surface area (Å²) in [5.41, 5.74) is 4.06. The number of halogens is 2. The van der Waals surface area contributed by atoms with Crippen LogP contribution in [-0.4, -0.2) is 145 Å². The van der Waals surface area contributed by atoms with E-state index >= 15 is 4.39 Å². The van der Waals surface area contributed by atoms with Gasteiger partial charge in [0.15, 0.2) is 11.6 Å². The van der Waals surface area contributed by atoms with E-state index in [9.17, 15) is 9.90 Å². The van der Waals surface area contributed by atoms with Crippen LogP contribution in [0.3, 0.4) is 0 Å². The summed E-state index contributed by atoms with van der Waals surface area (Å²) in [6.07, 6.45) is 15.6. The fourth-order valence-electron chi connectivity index (χ4n) is 9.33. The number of ether oxygens (including phenoxy) is 7. The number of terminal acetylenes is 1. The Bertz CT molecular complexity index is 2730. The first-order valence-corrected chi connectivity index (χ1v) is 25.9. The van der Waals surface area contributed by atoms with E-state index in [1.807, 2.05) is 19.9 Å². The highest BCUT2D eigenvalue weighted by Gasteiger charge is 2.34. The topological polar surface area (TPSA) is 160 Å². The fraction of sp³-hybridized carbons (Fsp3) is 0.500. The molecule has 72 heavy (non-hydrogen) atoms. The molecule has 4 aromatic rings. The Morgan fingerprint density at radius 1 is 1.06 bits per heavy atom. The number of piperazine rings is 1. The second-order valence-electron chi connectivity index (χ2n) is 18.5. The van der Waals surface area contributed by atoms with Crippen LogP contribution in [0.25, 0.3) is 26.9 Å². The number of nitrogens with zero attached hydrogens (tertiary/aromatic N) is 6. The van der Waals surface area contributed by atoms with Crippen LogP contribution < -0.4 is 14.2 Å². The van der Waals surface area contributed by atoms with Crippen molar-refractivity contribution >= 4 is 55.8 Å². The van der Waals surface area contributed by atoms with E-state index in [1.54, 1.807) is 37.6 Å². The average Bonchev–Trinajstić information content (AvgIpc) is 4.07. The van der Waals surface area contributed by atoms with Crippen molar-refractivity contribution in [2.75, 3.05) is 86.5 Å². The van der Waals surface area contributed by atoms with Crippen LogP contribution in [0.2, 0.25) is 0 Å². The zero-order valence-corrected chi connectivity index (χ0v) is 43.1. The molecule has 2 aliphatic carbocycles. The average molecular weight is 1030 g/mol. The number of carbonyl (C=O) groups is 1. The fourth-order valence-corrected chi connectivity index (χ4v) is 10.8. The lowest BCUT2D eigenvalue weighted by Crippen LogP contribution is -2.48. The molecule has 3 atom stereocenters. The van der Waals surface area contributed by atoms with E-state index in [2.05, 4.69) is 38.8 Å². The molecular weight excluding hydrogens is 963 g/mol. The van der Waals surface area contributed by atoms with Crippen molar-refractivity contribution < 1.29 is 47.4 Å². The van der Waals surface area contributed by atoms with Crippen molar-refractivity contribution in [3.05, 3.63) is 92.8 Å². The lowest BCUT2D eigenvalue weighted by Gasteiger charge is -2.34. The highest BCUT2D eigenvalue weighted by molar-refractivity contribution is 7.20. The summed E-state index contributed by atoms with van der Waals surface area (Å²) in [6.45, 7) is 9.71. The van der Waals surface area contributed by atoms with E-state index in [-0.39, 0.29) is 50.7 Å². The minimum Gasteiger partial charge on any atom is -0.490 e. The van der Waals surface area contributed by atoms with Gasteiger partial charge in [0, 0.05) is 74.9 Å². The quantitative estimate of drug-likeness (QED) is 0.0788. The van der Waals surface area contributed by atoms with Gasteiger partial charge in [-0.05, 0) is 105 Å². The number of fused-ring (bicyclic) bond motifs is 2. The molecule has 0 saturated carbocycles. The van der Waals surface area contributed by atoms with Gasteiger partial charge in [-0.3, -0.25) is 4.90 Å². The molecule has 0 radical (unpaired) electrons. The first kappa shape index (κ1) is 52.9. The van der Waals surface area contributed by atoms with Crippen molar-refractivity contribution in [3.8, 4) is 29.7 Å². The van der Waals surface area contributed by atoms with Crippen molar-refractivity contribution in [2.45, 2.75) is 89.7 Å². The first-order chi connectivity index (χ1) is 34.9. The molecule has 3 aromatic heterocycles. The predicted molar refractivity (Wildman–Crippen MR) is 276 cm³/mol. The Labute approximate surface area is 430 Å². The molecule has 1 N–H and O–H groups in total. The Morgan fingerprint density at radius 3 is 2.61 bits per heavy atom. The maximum Gasteiger partial charge on any atom is 0.345 e. The van der Waals surface area contributed by atoms with E-state index in [1.165, 1.54) is 23.2 Å². The van der Waals surface area contributed by atoms with Crippen LogP contribution in [0, 0.1) is 12.3 Å². The molecule has 0 amide bonds. The van der Waals surface area contributed by atoms with Crippen LogP contribution in [-0.2, 0) is 36.8 Å². The number of hydrogen-bond donors (Lipinski definition) is 1. The number of allylic oxidation sites excluding steroid dienone is 8.